The van der Waals surface area contributed by atoms with E-state index < -0.39 is 11.3 Å². The number of hydrogen-bond acceptors (Lipinski definition) is 6. The molecule has 0 unspecified atom stereocenters. The van der Waals surface area contributed by atoms with Gasteiger partial charge in [-0.05, 0) is 67.2 Å². The second-order valence-electron chi connectivity index (χ2n) is 9.78. The van der Waals surface area contributed by atoms with Crippen molar-refractivity contribution in [1.82, 2.24) is 0 Å². The molecule has 0 aromatic heterocycles. The summed E-state index contributed by atoms with van der Waals surface area (Å²) in [6.45, 7) is 11.4. The van der Waals surface area contributed by atoms with Gasteiger partial charge in [-0.2, -0.15) is 15.8 Å². The zero-order chi connectivity index (χ0) is 24.4. The van der Waals surface area contributed by atoms with Crippen LogP contribution in [-0.4, -0.2) is 13.2 Å². The first-order valence-corrected chi connectivity index (χ1v) is 11.5. The van der Waals surface area contributed by atoms with Gasteiger partial charge in [0.25, 0.3) is 0 Å². The molecule has 2 aliphatic carbocycles. The van der Waals surface area contributed by atoms with Crippen LogP contribution < -0.4 is 15.2 Å². The van der Waals surface area contributed by atoms with Crippen LogP contribution in [0.25, 0.3) is 0 Å². The van der Waals surface area contributed by atoms with Gasteiger partial charge in [0.2, 0.25) is 0 Å². The molecule has 2 aliphatic rings. The normalized spacial score (nSPS) is 23.9. The molecular weight excluding hydrogens is 412 g/mol. The Labute approximate surface area is 196 Å². The van der Waals surface area contributed by atoms with Crippen LogP contribution in [0.3, 0.4) is 0 Å². The van der Waals surface area contributed by atoms with Crippen LogP contribution in [0.15, 0.2) is 41.1 Å². The lowest BCUT2D eigenvalue weighted by Gasteiger charge is -2.47. The Morgan fingerprint density at radius 3 is 2.24 bits per heavy atom. The third-order valence-electron chi connectivity index (χ3n) is 7.03. The Morgan fingerprint density at radius 1 is 1.06 bits per heavy atom. The molecule has 2 N–H and O–H groups in total. The number of nitrogens with zero attached hydrogens (tertiary/aromatic N) is 3. The van der Waals surface area contributed by atoms with Gasteiger partial charge in [-0.25, -0.2) is 0 Å². The average Bonchev–Trinajstić information content (AvgIpc) is 2.79. The minimum atomic E-state index is -1.65. The van der Waals surface area contributed by atoms with Crippen LogP contribution in [0.4, 0.5) is 0 Å². The molecule has 3 atom stereocenters. The van der Waals surface area contributed by atoms with Crippen molar-refractivity contribution < 1.29 is 9.47 Å². The van der Waals surface area contributed by atoms with Crippen molar-refractivity contribution in [3.63, 3.8) is 0 Å². The maximum absolute atomic E-state index is 10.3. The van der Waals surface area contributed by atoms with Crippen LogP contribution >= 0.6 is 0 Å². The third-order valence-corrected chi connectivity index (χ3v) is 7.03. The lowest BCUT2D eigenvalue weighted by molar-refractivity contribution is 0.170. The van der Waals surface area contributed by atoms with E-state index in [-0.39, 0.29) is 22.6 Å². The van der Waals surface area contributed by atoms with E-state index in [1.165, 1.54) is 0 Å². The molecule has 0 radical (unpaired) electrons. The van der Waals surface area contributed by atoms with Crippen molar-refractivity contribution in [2.75, 3.05) is 13.2 Å². The number of benzene rings is 1. The van der Waals surface area contributed by atoms with Gasteiger partial charge in [0.05, 0.1) is 36.6 Å². The monoisotopic (exact) mass is 444 g/mol. The smallest absolute Gasteiger partial charge is 0.191 e. The van der Waals surface area contributed by atoms with Crippen LogP contribution in [0.1, 0.15) is 58.9 Å². The first-order valence-electron chi connectivity index (χ1n) is 11.5. The fourth-order valence-electron chi connectivity index (χ4n) is 5.24. The predicted molar refractivity (Wildman–Crippen MR) is 126 cm³/mol. The van der Waals surface area contributed by atoms with E-state index in [1.54, 1.807) is 0 Å². The minimum absolute atomic E-state index is 0.0450. The van der Waals surface area contributed by atoms with Gasteiger partial charge in [-0.15, -0.1) is 0 Å². The summed E-state index contributed by atoms with van der Waals surface area (Å²) in [7, 11) is 0. The molecule has 0 amide bonds. The van der Waals surface area contributed by atoms with E-state index in [2.05, 4.69) is 45.1 Å². The summed E-state index contributed by atoms with van der Waals surface area (Å²) < 4.78 is 11.6. The van der Waals surface area contributed by atoms with Crippen LogP contribution in [0, 0.1) is 56.7 Å². The lowest BCUT2D eigenvalue weighted by atomic mass is 9.54. The van der Waals surface area contributed by atoms with Crippen molar-refractivity contribution in [3.8, 4) is 29.7 Å². The predicted octanol–water partition coefficient (Wildman–Crippen LogP) is 5.35. The molecule has 0 saturated heterocycles. The Hall–Kier alpha value is -3.43. The van der Waals surface area contributed by atoms with Crippen molar-refractivity contribution in [2.24, 2.45) is 28.4 Å². The van der Waals surface area contributed by atoms with E-state index in [0.717, 1.165) is 24.0 Å². The van der Waals surface area contributed by atoms with E-state index in [1.807, 2.05) is 32.0 Å². The zero-order valence-electron chi connectivity index (χ0n) is 20.1. The molecule has 1 aromatic rings. The lowest BCUT2D eigenvalue weighted by Crippen LogP contribution is -2.44. The van der Waals surface area contributed by atoms with E-state index in [0.29, 0.717) is 30.6 Å². The topological polar surface area (TPSA) is 116 Å². The third kappa shape index (κ3) is 4.05. The quantitative estimate of drug-likeness (QED) is 0.654. The second-order valence-corrected chi connectivity index (χ2v) is 9.78. The van der Waals surface area contributed by atoms with Crippen molar-refractivity contribution in [3.05, 3.63) is 46.7 Å². The maximum Gasteiger partial charge on any atom is 0.191 e. The summed E-state index contributed by atoms with van der Waals surface area (Å²) in [5.41, 5.74) is 6.80. The molecule has 0 bridgehead atoms. The number of hydrogen-bond donors (Lipinski definition) is 1. The summed E-state index contributed by atoms with van der Waals surface area (Å²) in [5, 5.41) is 30.6. The van der Waals surface area contributed by atoms with Gasteiger partial charge in [-0.1, -0.05) is 32.9 Å². The second kappa shape index (κ2) is 9.21. The largest absolute Gasteiger partial charge is 0.490 e. The number of ether oxygens (including phenoxy) is 2. The Bertz CT molecular complexity index is 1090. The fourth-order valence-corrected chi connectivity index (χ4v) is 5.24. The average molecular weight is 445 g/mol. The number of rotatable bonds is 5. The van der Waals surface area contributed by atoms with E-state index in [9.17, 15) is 15.8 Å². The van der Waals surface area contributed by atoms with Gasteiger partial charge in [0.1, 0.15) is 6.07 Å². The van der Waals surface area contributed by atoms with Gasteiger partial charge in [0, 0.05) is 5.92 Å². The van der Waals surface area contributed by atoms with Gasteiger partial charge in [0.15, 0.2) is 16.9 Å². The molecule has 172 valence electrons. The Kier molecular flexibility index (Phi) is 6.76. The highest BCUT2D eigenvalue weighted by molar-refractivity contribution is 5.60. The Morgan fingerprint density at radius 2 is 1.70 bits per heavy atom. The highest BCUT2D eigenvalue weighted by Crippen LogP contribution is 2.58. The molecule has 0 spiro atoms. The number of allylic oxidation sites excluding steroid dienone is 4. The fraction of sp³-hybridized carbons (Fsp3) is 0.519. The molecular formula is C27H32N4O2. The highest BCUT2D eigenvalue weighted by Gasteiger charge is 2.55. The molecule has 0 fully saturated rings. The first kappa shape index (κ1) is 24.2. The summed E-state index contributed by atoms with van der Waals surface area (Å²) in [5.74, 6) is 0.820. The zero-order valence-corrected chi connectivity index (χ0v) is 20.1. The first-order chi connectivity index (χ1) is 15.7. The van der Waals surface area contributed by atoms with Crippen molar-refractivity contribution in [1.29, 1.82) is 15.8 Å². The van der Waals surface area contributed by atoms with Gasteiger partial charge in [-0.3, -0.25) is 0 Å². The number of nitriles is 3. The Balaban J connectivity index is 2.28. The van der Waals surface area contributed by atoms with Crippen LogP contribution in [-0.2, 0) is 0 Å². The van der Waals surface area contributed by atoms with E-state index in [4.69, 9.17) is 15.2 Å². The van der Waals surface area contributed by atoms with Crippen molar-refractivity contribution in [2.45, 2.75) is 53.4 Å². The summed E-state index contributed by atoms with van der Waals surface area (Å²) in [4.78, 5) is 0. The highest BCUT2D eigenvalue weighted by atomic mass is 16.5. The molecule has 0 heterocycles. The molecule has 6 heteroatoms. The summed E-state index contributed by atoms with van der Waals surface area (Å²) in [6, 6.07) is 12.2. The van der Waals surface area contributed by atoms with Crippen LogP contribution in [0.2, 0.25) is 0 Å². The maximum atomic E-state index is 10.3. The van der Waals surface area contributed by atoms with Gasteiger partial charge >= 0.3 is 0 Å². The molecule has 0 aliphatic heterocycles. The minimum Gasteiger partial charge on any atom is -0.490 e. The summed E-state index contributed by atoms with van der Waals surface area (Å²) in [6.07, 6.45) is 3.69. The molecule has 3 rings (SSSR count). The van der Waals surface area contributed by atoms with E-state index >= 15 is 0 Å². The molecule has 1 aromatic carbocycles. The number of fused-ring (bicyclic) bond motifs is 1. The standard InChI is InChI=1S/C27H32N4O2/c1-6-32-22-11-8-17(12-23(22)33-7-2)24-20-13-18(26(3,4)5)9-10-19(20)21(14-28)25(31)27(24,15-29)16-30/h8,10-12,18,20,24H,6-7,9,13,31H2,1-5H3/t18-,20-,24+/m0/s1. The number of nitrogens with two attached hydrogens (primary N) is 1. The molecule has 6 nitrogen and oxygen atoms in total. The molecule has 0 saturated carbocycles. The summed E-state index contributed by atoms with van der Waals surface area (Å²) >= 11 is 0. The van der Waals surface area contributed by atoms with Crippen molar-refractivity contribution >= 4 is 0 Å². The molecule has 33 heavy (non-hydrogen) atoms. The van der Waals surface area contributed by atoms with Crippen LogP contribution in [0.5, 0.6) is 11.5 Å². The van der Waals surface area contributed by atoms with Gasteiger partial charge < -0.3 is 15.2 Å². The SMILES string of the molecule is CCOc1ccc([C@@H]2[C@H]3C[C@@H](C(C)(C)C)CC=C3C(C#N)=C(N)C2(C#N)C#N)cc1OCC.